The van der Waals surface area contributed by atoms with Crippen LogP contribution in [0.4, 0.5) is 17.6 Å². The van der Waals surface area contributed by atoms with E-state index in [0.717, 1.165) is 19.1 Å². The number of hydrogen-bond acceptors (Lipinski definition) is 2. The molecule has 0 aromatic heterocycles. The summed E-state index contributed by atoms with van der Waals surface area (Å²) in [6, 6.07) is 4.70. The highest BCUT2D eigenvalue weighted by atomic mass is 19.4. The Morgan fingerprint density at radius 1 is 1.41 bits per heavy atom. The van der Waals surface area contributed by atoms with Gasteiger partial charge < -0.3 is 4.74 Å². The number of carbonyl (C=O) groups excluding carboxylic acids is 1. The highest BCUT2D eigenvalue weighted by Gasteiger charge is 2.37. The van der Waals surface area contributed by atoms with Crippen LogP contribution in [0, 0.1) is 5.82 Å². The number of Topliss-reactive ketones (excluding diaryl/α,β-unsaturated/α-hetero) is 1. The Hall–Kier alpha value is -1.43. The molecule has 0 aliphatic heterocycles. The van der Waals surface area contributed by atoms with Crippen molar-refractivity contribution in [3.8, 4) is 0 Å². The molecule has 0 saturated heterocycles. The molecule has 1 aromatic carbocycles. The molecule has 0 fully saturated rings. The topological polar surface area (TPSA) is 26.3 Å². The Bertz CT molecular complexity index is 401. The van der Waals surface area contributed by atoms with Crippen molar-refractivity contribution in [2.75, 3.05) is 6.61 Å². The number of halogens is 4. The number of alkyl halides is 3. The molecule has 0 aliphatic rings. The summed E-state index contributed by atoms with van der Waals surface area (Å²) in [4.78, 5) is 11.4. The summed E-state index contributed by atoms with van der Waals surface area (Å²) < 4.78 is 53.3. The predicted octanol–water partition coefficient (Wildman–Crippen LogP) is 2.98. The lowest BCUT2D eigenvalue weighted by atomic mass is 10.1. The predicted molar refractivity (Wildman–Crippen MR) is 52.2 cm³/mol. The Labute approximate surface area is 95.2 Å². The average Bonchev–Trinajstić information content (AvgIpc) is 2.24. The fourth-order valence-corrected chi connectivity index (χ4v) is 1.04. The zero-order valence-electron chi connectivity index (χ0n) is 8.92. The molecule has 2 nitrogen and oxygen atoms in total. The SMILES string of the molecule is CC(OCC(=O)c1cccc(F)c1)C(F)(F)F. The van der Waals surface area contributed by atoms with Crippen LogP contribution in [0.1, 0.15) is 17.3 Å². The molecule has 6 heteroatoms. The summed E-state index contributed by atoms with van der Waals surface area (Å²) in [6.45, 7) is 0.0724. The van der Waals surface area contributed by atoms with Crippen molar-refractivity contribution in [3.63, 3.8) is 0 Å². The van der Waals surface area contributed by atoms with Gasteiger partial charge in [0, 0.05) is 5.56 Å². The quantitative estimate of drug-likeness (QED) is 0.606. The van der Waals surface area contributed by atoms with Gasteiger partial charge in [0.1, 0.15) is 12.4 Å². The molecule has 0 amide bonds. The lowest BCUT2D eigenvalue weighted by molar-refractivity contribution is -0.210. The van der Waals surface area contributed by atoms with Crippen LogP contribution in [-0.2, 0) is 4.74 Å². The molecule has 1 unspecified atom stereocenters. The van der Waals surface area contributed by atoms with E-state index in [0.29, 0.717) is 0 Å². The van der Waals surface area contributed by atoms with Gasteiger partial charge in [0.2, 0.25) is 0 Å². The first-order chi connectivity index (χ1) is 7.80. The zero-order valence-corrected chi connectivity index (χ0v) is 8.92. The van der Waals surface area contributed by atoms with Gasteiger partial charge in [-0.05, 0) is 19.1 Å². The number of hydrogen-bond donors (Lipinski definition) is 0. The van der Waals surface area contributed by atoms with E-state index in [1.54, 1.807) is 0 Å². The second-order valence-corrected chi connectivity index (χ2v) is 3.43. The molecule has 0 spiro atoms. The van der Waals surface area contributed by atoms with E-state index in [1.165, 1.54) is 12.1 Å². The second kappa shape index (κ2) is 5.27. The molecular weight excluding hydrogens is 240 g/mol. The lowest BCUT2D eigenvalue weighted by Crippen LogP contribution is -2.30. The maximum absolute atomic E-state index is 12.7. The van der Waals surface area contributed by atoms with Gasteiger partial charge in [-0.3, -0.25) is 4.79 Å². The summed E-state index contributed by atoms with van der Waals surface area (Å²) in [5.41, 5.74) is -0.0145. The zero-order chi connectivity index (χ0) is 13.1. The first kappa shape index (κ1) is 13.6. The van der Waals surface area contributed by atoms with Gasteiger partial charge in [0.15, 0.2) is 11.9 Å². The Kier molecular flexibility index (Phi) is 4.22. The van der Waals surface area contributed by atoms with Crippen LogP contribution in [0.3, 0.4) is 0 Å². The standard InChI is InChI=1S/C11H10F4O2/c1-7(11(13,14)15)17-6-10(16)8-3-2-4-9(12)5-8/h2-5,7H,6H2,1H3. The van der Waals surface area contributed by atoms with Gasteiger partial charge in [0.25, 0.3) is 0 Å². The van der Waals surface area contributed by atoms with Crippen molar-refractivity contribution in [3.05, 3.63) is 35.6 Å². The third-order valence-electron chi connectivity index (χ3n) is 2.07. The highest BCUT2D eigenvalue weighted by molar-refractivity contribution is 5.97. The number of carbonyl (C=O) groups is 1. The minimum atomic E-state index is -4.51. The van der Waals surface area contributed by atoms with Crippen LogP contribution >= 0.6 is 0 Å². The lowest BCUT2D eigenvalue weighted by Gasteiger charge is -2.15. The van der Waals surface area contributed by atoms with Crippen molar-refractivity contribution in [2.24, 2.45) is 0 Å². The molecule has 0 N–H and O–H groups in total. The summed E-state index contributed by atoms with van der Waals surface area (Å²) in [5.74, 6) is -1.32. The first-order valence-electron chi connectivity index (χ1n) is 4.78. The van der Waals surface area contributed by atoms with Gasteiger partial charge in [-0.2, -0.15) is 13.2 Å². The summed E-state index contributed by atoms with van der Waals surface area (Å²) >= 11 is 0. The van der Waals surface area contributed by atoms with Crippen LogP contribution in [0.5, 0.6) is 0 Å². The van der Waals surface area contributed by atoms with Gasteiger partial charge in [-0.25, -0.2) is 4.39 Å². The van der Waals surface area contributed by atoms with E-state index >= 15 is 0 Å². The van der Waals surface area contributed by atoms with E-state index in [4.69, 9.17) is 0 Å². The number of rotatable bonds is 4. The molecule has 0 radical (unpaired) electrons. The molecular formula is C11H10F4O2. The number of ether oxygens (including phenoxy) is 1. The van der Waals surface area contributed by atoms with E-state index in [9.17, 15) is 22.4 Å². The van der Waals surface area contributed by atoms with E-state index in [-0.39, 0.29) is 5.56 Å². The highest BCUT2D eigenvalue weighted by Crippen LogP contribution is 2.22. The van der Waals surface area contributed by atoms with Gasteiger partial charge in [0.05, 0.1) is 0 Å². The average molecular weight is 250 g/mol. The van der Waals surface area contributed by atoms with Crippen molar-refractivity contribution >= 4 is 5.78 Å². The smallest absolute Gasteiger partial charge is 0.361 e. The van der Waals surface area contributed by atoms with Crippen molar-refractivity contribution in [1.82, 2.24) is 0 Å². The minimum absolute atomic E-state index is 0.0145. The van der Waals surface area contributed by atoms with Crippen LogP contribution in [0.15, 0.2) is 24.3 Å². The third-order valence-corrected chi connectivity index (χ3v) is 2.07. The second-order valence-electron chi connectivity index (χ2n) is 3.43. The van der Waals surface area contributed by atoms with Gasteiger partial charge in [-0.1, -0.05) is 12.1 Å². The van der Waals surface area contributed by atoms with Crippen LogP contribution in [0.2, 0.25) is 0 Å². The summed E-state index contributed by atoms with van der Waals surface area (Å²) in [7, 11) is 0. The molecule has 0 heterocycles. The van der Waals surface area contributed by atoms with Crippen molar-refractivity contribution in [2.45, 2.75) is 19.2 Å². The maximum atomic E-state index is 12.7. The molecule has 0 bridgehead atoms. The van der Waals surface area contributed by atoms with E-state index in [2.05, 4.69) is 4.74 Å². The summed E-state index contributed by atoms with van der Waals surface area (Å²) in [5, 5.41) is 0. The Morgan fingerprint density at radius 3 is 2.59 bits per heavy atom. The van der Waals surface area contributed by atoms with Gasteiger partial charge >= 0.3 is 6.18 Å². The van der Waals surface area contributed by atoms with Gasteiger partial charge in [-0.15, -0.1) is 0 Å². The number of ketones is 1. The summed E-state index contributed by atoms with van der Waals surface area (Å²) in [6.07, 6.45) is -6.54. The van der Waals surface area contributed by atoms with Crippen molar-refractivity contribution in [1.29, 1.82) is 0 Å². The molecule has 0 saturated carbocycles. The molecule has 1 rings (SSSR count). The van der Waals surface area contributed by atoms with Crippen molar-refractivity contribution < 1.29 is 27.1 Å². The van der Waals surface area contributed by atoms with Crippen LogP contribution in [0.25, 0.3) is 0 Å². The Balaban J connectivity index is 2.57. The minimum Gasteiger partial charge on any atom is -0.361 e. The molecule has 1 atom stereocenters. The normalized spacial score (nSPS) is 13.5. The fraction of sp³-hybridized carbons (Fsp3) is 0.364. The largest absolute Gasteiger partial charge is 0.414 e. The molecule has 17 heavy (non-hydrogen) atoms. The third kappa shape index (κ3) is 4.14. The molecule has 94 valence electrons. The van der Waals surface area contributed by atoms with E-state index in [1.807, 2.05) is 0 Å². The maximum Gasteiger partial charge on any atom is 0.414 e. The Morgan fingerprint density at radius 2 is 2.06 bits per heavy atom. The van der Waals surface area contributed by atoms with Crippen LogP contribution < -0.4 is 0 Å². The number of benzene rings is 1. The monoisotopic (exact) mass is 250 g/mol. The fourth-order valence-electron chi connectivity index (χ4n) is 1.04. The van der Waals surface area contributed by atoms with Crippen LogP contribution in [-0.4, -0.2) is 24.7 Å². The molecule has 0 aliphatic carbocycles. The van der Waals surface area contributed by atoms with E-state index < -0.39 is 30.5 Å². The first-order valence-corrected chi connectivity index (χ1v) is 4.78. The molecule has 1 aromatic rings.